The van der Waals surface area contributed by atoms with E-state index in [9.17, 15) is 4.79 Å². The number of nitrogens with zero attached hydrogens (tertiary/aromatic N) is 1. The minimum absolute atomic E-state index is 0.326. The molecule has 0 aromatic rings. The summed E-state index contributed by atoms with van der Waals surface area (Å²) in [7, 11) is 0. The first-order chi connectivity index (χ1) is 8.81. The molecule has 0 spiro atoms. The molecule has 1 unspecified atom stereocenters. The highest BCUT2D eigenvalue weighted by molar-refractivity contribution is 5.79. The molecular formula is C15H28N2O. The van der Waals surface area contributed by atoms with E-state index in [1.807, 2.05) is 0 Å². The van der Waals surface area contributed by atoms with Crippen molar-refractivity contribution in [3.8, 4) is 0 Å². The summed E-state index contributed by atoms with van der Waals surface area (Å²) in [6, 6.07) is 0.545. The van der Waals surface area contributed by atoms with E-state index in [0.717, 1.165) is 38.9 Å². The Hall–Kier alpha value is -0.570. The van der Waals surface area contributed by atoms with Crippen LogP contribution >= 0.6 is 0 Å². The van der Waals surface area contributed by atoms with Gasteiger partial charge in [0.2, 0.25) is 5.91 Å². The van der Waals surface area contributed by atoms with Crippen LogP contribution in [0.2, 0.25) is 0 Å². The second kappa shape index (κ2) is 7.13. The van der Waals surface area contributed by atoms with Gasteiger partial charge in [-0.1, -0.05) is 26.2 Å². The van der Waals surface area contributed by atoms with Crippen LogP contribution in [0.3, 0.4) is 0 Å². The third-order valence-electron chi connectivity index (χ3n) is 4.36. The van der Waals surface area contributed by atoms with Gasteiger partial charge in [0, 0.05) is 25.0 Å². The third-order valence-corrected chi connectivity index (χ3v) is 4.36. The molecule has 0 aromatic carbocycles. The lowest BCUT2D eigenvalue weighted by Crippen LogP contribution is -2.44. The smallest absolute Gasteiger partial charge is 0.225 e. The average molecular weight is 252 g/mol. The molecule has 1 aliphatic carbocycles. The molecular weight excluding hydrogens is 224 g/mol. The molecule has 1 amide bonds. The van der Waals surface area contributed by atoms with E-state index in [0.29, 0.717) is 17.9 Å². The molecule has 2 rings (SSSR count). The van der Waals surface area contributed by atoms with Crippen molar-refractivity contribution >= 4 is 5.91 Å². The molecule has 0 radical (unpaired) electrons. The molecule has 2 fully saturated rings. The fourth-order valence-electron chi connectivity index (χ4n) is 3.35. The molecule has 1 aliphatic heterocycles. The summed E-state index contributed by atoms with van der Waals surface area (Å²) >= 11 is 0. The molecule has 1 heterocycles. The first kappa shape index (κ1) is 13.9. The first-order valence-corrected chi connectivity index (χ1v) is 7.83. The quantitative estimate of drug-likeness (QED) is 0.815. The molecule has 0 aromatic heterocycles. The van der Waals surface area contributed by atoms with Gasteiger partial charge in [0.05, 0.1) is 0 Å². The summed E-state index contributed by atoms with van der Waals surface area (Å²) < 4.78 is 0. The second-order valence-electron chi connectivity index (χ2n) is 5.91. The van der Waals surface area contributed by atoms with Crippen LogP contribution in [0.4, 0.5) is 0 Å². The standard InChI is InChI=1S/C15H28N2O/c1-2-11-17(12-14-9-6-10-16-14)15(18)13-7-4-3-5-8-13/h13-14,16H,2-12H2,1H3. The number of rotatable bonds is 5. The fourth-order valence-corrected chi connectivity index (χ4v) is 3.35. The third kappa shape index (κ3) is 3.71. The van der Waals surface area contributed by atoms with Crippen molar-refractivity contribution < 1.29 is 4.79 Å². The van der Waals surface area contributed by atoms with E-state index in [4.69, 9.17) is 0 Å². The highest BCUT2D eigenvalue weighted by atomic mass is 16.2. The lowest BCUT2D eigenvalue weighted by molar-refractivity contribution is -0.137. The van der Waals surface area contributed by atoms with Crippen LogP contribution < -0.4 is 5.32 Å². The molecule has 3 heteroatoms. The van der Waals surface area contributed by atoms with Gasteiger partial charge in [-0.25, -0.2) is 0 Å². The van der Waals surface area contributed by atoms with Crippen LogP contribution in [0.1, 0.15) is 58.3 Å². The Morgan fingerprint density at radius 3 is 2.56 bits per heavy atom. The summed E-state index contributed by atoms with van der Waals surface area (Å²) in [5.74, 6) is 0.761. The maximum atomic E-state index is 12.6. The Labute approximate surface area is 111 Å². The van der Waals surface area contributed by atoms with Crippen molar-refractivity contribution in [1.29, 1.82) is 0 Å². The minimum Gasteiger partial charge on any atom is -0.341 e. The van der Waals surface area contributed by atoms with Gasteiger partial charge in [-0.2, -0.15) is 0 Å². The van der Waals surface area contributed by atoms with E-state index < -0.39 is 0 Å². The van der Waals surface area contributed by atoms with Crippen molar-refractivity contribution in [2.45, 2.75) is 64.3 Å². The topological polar surface area (TPSA) is 32.3 Å². The van der Waals surface area contributed by atoms with Crippen molar-refractivity contribution in [2.24, 2.45) is 5.92 Å². The van der Waals surface area contributed by atoms with E-state index in [1.54, 1.807) is 0 Å². The number of amides is 1. The van der Waals surface area contributed by atoms with Crippen LogP contribution in [-0.2, 0) is 4.79 Å². The molecule has 0 bridgehead atoms. The Kier molecular flexibility index (Phi) is 5.48. The average Bonchev–Trinajstić information content (AvgIpc) is 2.91. The van der Waals surface area contributed by atoms with Gasteiger partial charge in [-0.15, -0.1) is 0 Å². The predicted molar refractivity (Wildman–Crippen MR) is 74.5 cm³/mol. The fraction of sp³-hybridized carbons (Fsp3) is 0.933. The lowest BCUT2D eigenvalue weighted by Gasteiger charge is -2.31. The predicted octanol–water partition coefficient (Wildman–Crippen LogP) is 2.56. The Bertz CT molecular complexity index is 255. The number of carbonyl (C=O) groups excluding carboxylic acids is 1. The number of hydrogen-bond donors (Lipinski definition) is 1. The SMILES string of the molecule is CCCN(CC1CCCN1)C(=O)C1CCCCC1. The summed E-state index contributed by atoms with van der Waals surface area (Å²) in [4.78, 5) is 14.7. The van der Waals surface area contributed by atoms with Gasteiger partial charge in [-0.3, -0.25) is 4.79 Å². The van der Waals surface area contributed by atoms with Gasteiger partial charge in [0.25, 0.3) is 0 Å². The van der Waals surface area contributed by atoms with E-state index in [-0.39, 0.29) is 0 Å². The maximum absolute atomic E-state index is 12.6. The monoisotopic (exact) mass is 252 g/mol. The molecule has 2 aliphatic rings. The number of hydrogen-bond acceptors (Lipinski definition) is 2. The van der Waals surface area contributed by atoms with Gasteiger partial charge < -0.3 is 10.2 Å². The number of nitrogens with one attached hydrogen (secondary N) is 1. The van der Waals surface area contributed by atoms with Gasteiger partial charge in [0.1, 0.15) is 0 Å². The van der Waals surface area contributed by atoms with Crippen molar-refractivity contribution in [3.63, 3.8) is 0 Å². The largest absolute Gasteiger partial charge is 0.341 e. The van der Waals surface area contributed by atoms with Crippen molar-refractivity contribution in [3.05, 3.63) is 0 Å². The highest BCUT2D eigenvalue weighted by Gasteiger charge is 2.27. The van der Waals surface area contributed by atoms with Crippen LogP contribution in [0.15, 0.2) is 0 Å². The first-order valence-electron chi connectivity index (χ1n) is 7.83. The molecule has 104 valence electrons. The van der Waals surface area contributed by atoms with Crippen LogP contribution in [-0.4, -0.2) is 36.5 Å². The van der Waals surface area contributed by atoms with Crippen LogP contribution in [0.5, 0.6) is 0 Å². The molecule has 18 heavy (non-hydrogen) atoms. The molecule has 1 saturated heterocycles. The Morgan fingerprint density at radius 2 is 1.94 bits per heavy atom. The molecule has 1 N–H and O–H groups in total. The van der Waals surface area contributed by atoms with Gasteiger partial charge in [0.15, 0.2) is 0 Å². The molecule has 3 nitrogen and oxygen atoms in total. The summed E-state index contributed by atoms with van der Waals surface area (Å²) in [6.45, 7) is 5.17. The Balaban J connectivity index is 1.87. The zero-order valence-corrected chi connectivity index (χ0v) is 11.8. The normalized spacial score (nSPS) is 25.3. The van der Waals surface area contributed by atoms with Crippen LogP contribution in [0, 0.1) is 5.92 Å². The van der Waals surface area contributed by atoms with E-state index in [1.165, 1.54) is 32.1 Å². The van der Waals surface area contributed by atoms with Crippen LogP contribution in [0.25, 0.3) is 0 Å². The Morgan fingerprint density at radius 1 is 1.17 bits per heavy atom. The highest BCUT2D eigenvalue weighted by Crippen LogP contribution is 2.25. The van der Waals surface area contributed by atoms with Crippen molar-refractivity contribution in [1.82, 2.24) is 10.2 Å². The maximum Gasteiger partial charge on any atom is 0.225 e. The van der Waals surface area contributed by atoms with Crippen molar-refractivity contribution in [2.75, 3.05) is 19.6 Å². The zero-order chi connectivity index (χ0) is 12.8. The van der Waals surface area contributed by atoms with Gasteiger partial charge in [-0.05, 0) is 38.6 Å². The van der Waals surface area contributed by atoms with E-state index in [2.05, 4.69) is 17.1 Å². The summed E-state index contributed by atoms with van der Waals surface area (Å²) in [5.41, 5.74) is 0. The second-order valence-corrected chi connectivity index (χ2v) is 5.91. The molecule has 1 saturated carbocycles. The summed E-state index contributed by atoms with van der Waals surface area (Å²) in [6.07, 6.45) is 9.64. The summed E-state index contributed by atoms with van der Waals surface area (Å²) in [5, 5.41) is 3.51. The zero-order valence-electron chi connectivity index (χ0n) is 11.8. The lowest BCUT2D eigenvalue weighted by atomic mass is 9.88. The van der Waals surface area contributed by atoms with E-state index >= 15 is 0 Å². The number of carbonyl (C=O) groups is 1. The molecule has 1 atom stereocenters. The minimum atomic E-state index is 0.326. The van der Waals surface area contributed by atoms with Gasteiger partial charge >= 0.3 is 0 Å².